The van der Waals surface area contributed by atoms with Gasteiger partial charge in [-0.25, -0.2) is 0 Å². The van der Waals surface area contributed by atoms with Gasteiger partial charge in [0.1, 0.15) is 0 Å². The highest BCUT2D eigenvalue weighted by Gasteiger charge is 2.20. The molecule has 1 rings (SSSR count). The maximum Gasteiger partial charge on any atom is 0.303 e. The SMILES string of the molecule is CCCCCCCCCCCC=C[C@@H](SCC1CCCCC1)[C@@H](O)CCCC(=O)O. The van der Waals surface area contributed by atoms with Crippen LogP contribution in [-0.2, 0) is 4.79 Å². The molecule has 0 aromatic rings. The maximum atomic E-state index is 10.8. The van der Waals surface area contributed by atoms with Crippen LogP contribution in [0.5, 0.6) is 0 Å². The smallest absolute Gasteiger partial charge is 0.303 e. The van der Waals surface area contributed by atoms with Gasteiger partial charge in [0.05, 0.1) is 6.10 Å². The molecule has 30 heavy (non-hydrogen) atoms. The van der Waals surface area contributed by atoms with Crippen molar-refractivity contribution in [2.24, 2.45) is 5.92 Å². The first-order valence-corrected chi connectivity index (χ1v) is 13.9. The Labute approximate surface area is 190 Å². The average Bonchev–Trinajstić information content (AvgIpc) is 2.74. The Morgan fingerprint density at radius 1 is 0.967 bits per heavy atom. The molecule has 4 heteroatoms. The summed E-state index contributed by atoms with van der Waals surface area (Å²) in [6.07, 6.45) is 25.3. The van der Waals surface area contributed by atoms with Crippen molar-refractivity contribution in [1.82, 2.24) is 0 Å². The highest BCUT2D eigenvalue weighted by molar-refractivity contribution is 8.00. The Bertz CT molecular complexity index is 432. The van der Waals surface area contributed by atoms with Gasteiger partial charge in [-0.3, -0.25) is 4.79 Å². The first kappa shape index (κ1) is 27.6. The second kappa shape index (κ2) is 19.2. The van der Waals surface area contributed by atoms with E-state index in [1.54, 1.807) is 0 Å². The number of unbranched alkanes of at least 4 members (excludes halogenated alkanes) is 9. The zero-order valence-electron chi connectivity index (χ0n) is 19.5. The van der Waals surface area contributed by atoms with E-state index in [4.69, 9.17) is 5.11 Å². The van der Waals surface area contributed by atoms with Gasteiger partial charge in [0.2, 0.25) is 0 Å². The molecule has 3 nitrogen and oxygen atoms in total. The van der Waals surface area contributed by atoms with Crippen LogP contribution in [0.15, 0.2) is 12.2 Å². The summed E-state index contributed by atoms with van der Waals surface area (Å²) in [5, 5.41) is 19.6. The number of carboxylic acids is 1. The molecule has 2 atom stereocenters. The van der Waals surface area contributed by atoms with E-state index in [1.807, 2.05) is 11.8 Å². The summed E-state index contributed by atoms with van der Waals surface area (Å²) in [6.45, 7) is 2.27. The van der Waals surface area contributed by atoms with Crippen molar-refractivity contribution in [3.8, 4) is 0 Å². The molecular formula is C26H48O3S. The molecule has 0 spiro atoms. The lowest BCUT2D eigenvalue weighted by atomic mass is 9.91. The van der Waals surface area contributed by atoms with Crippen LogP contribution < -0.4 is 0 Å². The molecule has 176 valence electrons. The number of aliphatic hydroxyl groups excluding tert-OH is 1. The standard InChI is InChI=1S/C26H48O3S/c1-2-3-4-5-6-7-8-9-10-11-15-20-25(24(27)19-16-21-26(28)29)30-22-23-17-13-12-14-18-23/h15,20,23-25,27H,2-14,16-19,21-22H2,1H3,(H,28,29)/t24-,25+/m0/s1. The topological polar surface area (TPSA) is 57.5 Å². The molecule has 2 N–H and O–H groups in total. The molecule has 0 unspecified atom stereocenters. The molecular weight excluding hydrogens is 392 g/mol. The van der Waals surface area contributed by atoms with Crippen LogP contribution in [0.25, 0.3) is 0 Å². The summed E-state index contributed by atoms with van der Waals surface area (Å²) < 4.78 is 0. The van der Waals surface area contributed by atoms with Gasteiger partial charge in [-0.1, -0.05) is 89.7 Å². The van der Waals surface area contributed by atoms with Crippen LogP contribution in [0.3, 0.4) is 0 Å². The number of carboxylic acid groups (broad SMARTS) is 1. The highest BCUT2D eigenvalue weighted by Crippen LogP contribution is 2.30. The Kier molecular flexibility index (Phi) is 17.7. The number of carbonyl (C=O) groups is 1. The Morgan fingerprint density at radius 3 is 2.23 bits per heavy atom. The number of aliphatic hydroxyl groups is 1. The number of aliphatic carboxylic acids is 1. The van der Waals surface area contributed by atoms with Crippen molar-refractivity contribution >= 4 is 17.7 Å². The van der Waals surface area contributed by atoms with Crippen LogP contribution in [-0.4, -0.2) is 33.3 Å². The lowest BCUT2D eigenvalue weighted by molar-refractivity contribution is -0.137. The number of allylic oxidation sites excluding steroid dienone is 1. The van der Waals surface area contributed by atoms with E-state index in [0.717, 1.165) is 18.1 Å². The van der Waals surface area contributed by atoms with Crippen LogP contribution in [0, 0.1) is 5.92 Å². The van der Waals surface area contributed by atoms with E-state index in [-0.39, 0.29) is 11.7 Å². The minimum absolute atomic E-state index is 0.110. The second-order valence-electron chi connectivity index (χ2n) is 9.20. The largest absolute Gasteiger partial charge is 0.481 e. The summed E-state index contributed by atoms with van der Waals surface area (Å²) in [5.74, 6) is 1.15. The van der Waals surface area contributed by atoms with Gasteiger partial charge < -0.3 is 10.2 Å². The van der Waals surface area contributed by atoms with Gasteiger partial charge in [0.25, 0.3) is 0 Å². The van der Waals surface area contributed by atoms with Crippen molar-refractivity contribution in [1.29, 1.82) is 0 Å². The van der Waals surface area contributed by atoms with Crippen LogP contribution in [0.2, 0.25) is 0 Å². The molecule has 0 aromatic carbocycles. The average molecular weight is 441 g/mol. The Balaban J connectivity index is 2.26. The fourth-order valence-electron chi connectivity index (χ4n) is 4.33. The van der Waals surface area contributed by atoms with Crippen molar-refractivity contribution in [2.75, 3.05) is 5.75 Å². The monoisotopic (exact) mass is 440 g/mol. The first-order valence-electron chi connectivity index (χ1n) is 12.8. The third-order valence-electron chi connectivity index (χ3n) is 6.32. The number of hydrogen-bond donors (Lipinski definition) is 2. The number of hydrogen-bond acceptors (Lipinski definition) is 3. The zero-order chi connectivity index (χ0) is 21.9. The third-order valence-corrected chi connectivity index (χ3v) is 7.84. The predicted molar refractivity (Wildman–Crippen MR) is 131 cm³/mol. The summed E-state index contributed by atoms with van der Waals surface area (Å²) >= 11 is 1.89. The second-order valence-corrected chi connectivity index (χ2v) is 10.4. The van der Waals surface area contributed by atoms with E-state index in [9.17, 15) is 9.90 Å². The summed E-state index contributed by atoms with van der Waals surface area (Å²) in [6, 6.07) is 0. The van der Waals surface area contributed by atoms with Gasteiger partial charge in [0, 0.05) is 11.7 Å². The van der Waals surface area contributed by atoms with Gasteiger partial charge in [-0.15, -0.1) is 0 Å². The molecule has 1 fully saturated rings. The molecule has 0 radical (unpaired) electrons. The number of thioether (sulfide) groups is 1. The molecule has 1 aliphatic carbocycles. The first-order chi connectivity index (χ1) is 14.6. The molecule has 0 saturated heterocycles. The minimum Gasteiger partial charge on any atom is -0.481 e. The van der Waals surface area contributed by atoms with Crippen LogP contribution in [0.4, 0.5) is 0 Å². The van der Waals surface area contributed by atoms with E-state index in [0.29, 0.717) is 12.8 Å². The molecule has 0 amide bonds. The van der Waals surface area contributed by atoms with Crippen molar-refractivity contribution in [2.45, 2.75) is 134 Å². The van der Waals surface area contributed by atoms with Crippen molar-refractivity contribution < 1.29 is 15.0 Å². The van der Waals surface area contributed by atoms with Crippen molar-refractivity contribution in [3.63, 3.8) is 0 Å². The van der Waals surface area contributed by atoms with E-state index < -0.39 is 12.1 Å². The van der Waals surface area contributed by atoms with Gasteiger partial charge in [-0.05, 0) is 50.2 Å². The lowest BCUT2D eigenvalue weighted by Gasteiger charge is -2.25. The minimum atomic E-state index is -0.769. The predicted octanol–water partition coefficient (Wildman–Crippen LogP) is 7.76. The van der Waals surface area contributed by atoms with Gasteiger partial charge in [0.15, 0.2) is 0 Å². The third kappa shape index (κ3) is 15.3. The van der Waals surface area contributed by atoms with Crippen LogP contribution >= 0.6 is 11.8 Å². The van der Waals surface area contributed by atoms with Gasteiger partial charge >= 0.3 is 5.97 Å². The van der Waals surface area contributed by atoms with E-state index in [1.165, 1.54) is 89.9 Å². The molecule has 0 heterocycles. The molecule has 1 saturated carbocycles. The fourth-order valence-corrected chi connectivity index (χ4v) is 5.73. The fraction of sp³-hybridized carbons (Fsp3) is 0.885. The quantitative estimate of drug-likeness (QED) is 0.159. The highest BCUT2D eigenvalue weighted by atomic mass is 32.2. The molecule has 0 aromatic heterocycles. The summed E-state index contributed by atoms with van der Waals surface area (Å²) in [4.78, 5) is 10.8. The summed E-state index contributed by atoms with van der Waals surface area (Å²) in [7, 11) is 0. The van der Waals surface area contributed by atoms with Gasteiger partial charge in [-0.2, -0.15) is 11.8 Å². The lowest BCUT2D eigenvalue weighted by Crippen LogP contribution is -2.23. The van der Waals surface area contributed by atoms with Crippen LogP contribution in [0.1, 0.15) is 122 Å². The van der Waals surface area contributed by atoms with E-state index in [2.05, 4.69) is 19.1 Å². The number of rotatable bonds is 19. The van der Waals surface area contributed by atoms with Crippen molar-refractivity contribution in [3.05, 3.63) is 12.2 Å². The summed E-state index contributed by atoms with van der Waals surface area (Å²) in [5.41, 5.74) is 0. The Morgan fingerprint density at radius 2 is 1.60 bits per heavy atom. The van der Waals surface area contributed by atoms with E-state index >= 15 is 0 Å². The molecule has 1 aliphatic rings. The normalized spacial score (nSPS) is 17.4. The molecule has 0 bridgehead atoms. The Hall–Kier alpha value is -0.480. The zero-order valence-corrected chi connectivity index (χ0v) is 20.3. The molecule has 0 aliphatic heterocycles. The maximum absolute atomic E-state index is 10.8.